The molecule has 37 nitrogen and oxygen atoms in total. The first-order valence-electron chi connectivity index (χ1n) is 44.7. The summed E-state index contributed by atoms with van der Waals surface area (Å²) in [5.41, 5.74) is 10.9. The van der Waals surface area contributed by atoms with Gasteiger partial charge in [-0.1, -0.05) is 23.5 Å². The van der Waals surface area contributed by atoms with Crippen molar-refractivity contribution in [3.8, 4) is 10.6 Å². The minimum absolute atomic E-state index is 0.0608. The van der Waals surface area contributed by atoms with Crippen LogP contribution in [0.4, 0.5) is 11.6 Å². The van der Waals surface area contributed by atoms with Crippen molar-refractivity contribution in [1.29, 1.82) is 0 Å². The number of amides is 4. The second kappa shape index (κ2) is 39.9. The van der Waals surface area contributed by atoms with E-state index in [1.165, 1.54) is 36.4 Å². The molecule has 0 radical (unpaired) electrons. The molecule has 6 aliphatic carbocycles. The van der Waals surface area contributed by atoms with Gasteiger partial charge in [0, 0.05) is 82.6 Å². The SMILES string of the molecule is CB(O)N[C@@H]1C[C@H](C(=O)N2CCOCC2)[C@H]2OC(C)(C)O[C@H]21.CB(O)N[C@@H]1C[C@H](C(=O)O)[C@H]2OC(C)(C)O[C@H]21.CC1(C)O[C@@H]2[C@H](O1)[C@@H](C(=O)N1CCOCC1)C[C@H]2N.CSc1nc(C)c(-c2nc3c(C4CC4)nccc3s2)c(N[C@@H]2C[C@H](C(=O)N3CCOCC3)[C@H]3OC(C)(C)O[C@H]32)n1.CSc1nc(C)c(I)c(N[C@@H]2C[C@H](C(=O)N3CCOCC3)[C@H]3OC(C)(C)O[C@H]32)n1. The molecular formula is C84H126B2IN15O22S3. The number of ether oxygens (including phenoxy) is 14. The number of nitrogens with two attached hydrogens (primary N) is 1. The largest absolute Gasteiger partial charge is 0.481 e. The van der Waals surface area contributed by atoms with Crippen LogP contribution in [0.2, 0.25) is 13.6 Å². The monoisotopic (exact) mass is 1940 g/mol. The lowest BCUT2D eigenvalue weighted by molar-refractivity contribution is -0.167. The molecule has 0 unspecified atom stereocenters. The molecular weight excluding hydrogens is 1820 g/mol. The van der Waals surface area contributed by atoms with Crippen molar-refractivity contribution in [3.63, 3.8) is 0 Å². The third kappa shape index (κ3) is 22.2. The van der Waals surface area contributed by atoms with Crippen molar-refractivity contribution >= 4 is 123 Å². The molecule has 127 heavy (non-hydrogen) atoms. The van der Waals surface area contributed by atoms with Crippen molar-refractivity contribution in [3.05, 3.63) is 32.9 Å². The summed E-state index contributed by atoms with van der Waals surface area (Å²) in [5.74, 6) is -3.51. The zero-order valence-corrected chi connectivity index (χ0v) is 80.1. The number of carbonyl (C=O) groups excluding carboxylic acids is 4. The van der Waals surface area contributed by atoms with Crippen LogP contribution < -0.4 is 26.8 Å². The van der Waals surface area contributed by atoms with Crippen LogP contribution in [-0.2, 0) is 90.3 Å². The quantitative estimate of drug-likeness (QED) is 0.0285. The van der Waals surface area contributed by atoms with Gasteiger partial charge in [-0.3, -0.25) is 29.0 Å². The summed E-state index contributed by atoms with van der Waals surface area (Å²) in [7, 11) is -1.34. The van der Waals surface area contributed by atoms with Gasteiger partial charge in [0.1, 0.15) is 83.2 Å². The summed E-state index contributed by atoms with van der Waals surface area (Å²) < 4.78 is 83.7. The minimum atomic E-state index is -0.879. The maximum atomic E-state index is 13.7. The average Bonchev–Trinajstić information content (AvgIpc) is 1.59. The molecule has 9 aliphatic heterocycles. The van der Waals surface area contributed by atoms with Crippen LogP contribution in [0.15, 0.2) is 22.6 Å². The van der Waals surface area contributed by atoms with Crippen molar-refractivity contribution < 1.29 is 105 Å². The Balaban J connectivity index is 0.000000127. The zero-order chi connectivity index (χ0) is 90.7. The van der Waals surface area contributed by atoms with E-state index >= 15 is 0 Å². The number of anilines is 2. The highest BCUT2D eigenvalue weighted by Gasteiger charge is 2.62. The van der Waals surface area contributed by atoms with E-state index in [0.29, 0.717) is 154 Å². The Morgan fingerprint density at radius 1 is 0.472 bits per heavy atom. The number of morpholine rings is 4. The number of carbonyl (C=O) groups is 5. The fourth-order valence-electron chi connectivity index (χ4n) is 20.2. The molecule has 4 aromatic heterocycles. The lowest BCUT2D eigenvalue weighted by Crippen LogP contribution is -2.46. The number of hydrogen-bond acceptors (Lipinski definition) is 35. The topological polar surface area (TPSA) is 440 Å². The van der Waals surface area contributed by atoms with E-state index < -0.39 is 61.0 Å². The van der Waals surface area contributed by atoms with Crippen molar-refractivity contribution in [2.45, 2.75) is 278 Å². The summed E-state index contributed by atoms with van der Waals surface area (Å²) in [6, 6.07) is 1.42. The third-order valence-electron chi connectivity index (χ3n) is 25.7. The van der Waals surface area contributed by atoms with Crippen LogP contribution in [0.5, 0.6) is 0 Å². The molecule has 4 aromatic rings. The van der Waals surface area contributed by atoms with Crippen LogP contribution >= 0.6 is 57.5 Å². The highest BCUT2D eigenvalue weighted by molar-refractivity contribution is 14.1. The van der Waals surface area contributed by atoms with Gasteiger partial charge in [-0.25, -0.2) is 24.9 Å². The molecule has 43 heteroatoms. The number of aliphatic carboxylic acids is 1. The number of fused-ring (bicyclic) bond motifs is 6. The van der Waals surface area contributed by atoms with E-state index in [1.54, 1.807) is 38.8 Å². The van der Waals surface area contributed by atoms with E-state index in [2.05, 4.69) is 58.6 Å². The Labute approximate surface area is 768 Å². The Morgan fingerprint density at radius 2 is 0.803 bits per heavy atom. The van der Waals surface area contributed by atoms with Gasteiger partial charge in [-0.2, -0.15) is 0 Å². The molecule has 13 heterocycles. The number of hydrogen-bond donors (Lipinski definition) is 8. The molecule has 700 valence electrons. The van der Waals surface area contributed by atoms with E-state index in [4.69, 9.17) is 92.1 Å². The third-order valence-corrected chi connectivity index (χ3v) is 29.2. The molecule has 0 bridgehead atoms. The van der Waals surface area contributed by atoms with Crippen molar-refractivity contribution in [1.82, 2.24) is 60.0 Å². The Bertz CT molecular complexity index is 4570. The summed E-state index contributed by atoms with van der Waals surface area (Å²) in [4.78, 5) is 99.6. The number of pyridine rings is 1. The molecule has 6 saturated carbocycles. The normalized spacial score (nSPS) is 33.7. The first-order valence-corrected chi connectivity index (χ1v) is 49.0. The second-order valence-electron chi connectivity index (χ2n) is 37.5. The maximum absolute atomic E-state index is 13.7. The van der Waals surface area contributed by atoms with Gasteiger partial charge < -0.3 is 128 Å². The van der Waals surface area contributed by atoms with Gasteiger partial charge in [0.15, 0.2) is 39.2 Å². The van der Waals surface area contributed by atoms with E-state index in [9.17, 15) is 34.0 Å². The second-order valence-corrected chi connectivity index (χ2v) is 41.2. The predicted octanol–water partition coefficient (Wildman–Crippen LogP) is 5.37. The number of carboxylic acids is 1. The molecule has 15 aliphatic rings. The summed E-state index contributed by atoms with van der Waals surface area (Å²) in [5, 5.41) is 43.7. The van der Waals surface area contributed by atoms with Crippen molar-refractivity contribution in [2.24, 2.45) is 35.3 Å². The molecule has 19 rings (SSSR count). The lowest BCUT2D eigenvalue weighted by atomic mass is 9.86. The molecule has 0 spiro atoms. The fourth-order valence-corrected chi connectivity index (χ4v) is 22.4. The molecule has 4 amide bonds. The van der Waals surface area contributed by atoms with Gasteiger partial charge in [-0.15, -0.1) is 11.3 Å². The number of nitrogens with zero attached hydrogens (tertiary/aromatic N) is 10. The Hall–Kier alpha value is -5.05. The Kier molecular flexibility index (Phi) is 30.3. The van der Waals surface area contributed by atoms with Crippen LogP contribution in [0.25, 0.3) is 20.8 Å². The minimum Gasteiger partial charge on any atom is -0.481 e. The van der Waals surface area contributed by atoms with Gasteiger partial charge in [0.25, 0.3) is 0 Å². The van der Waals surface area contributed by atoms with Gasteiger partial charge >= 0.3 is 20.1 Å². The molecule has 9 N–H and O–H groups in total. The number of nitrogens with one attached hydrogen (secondary N) is 4. The molecule has 0 aromatic carbocycles. The standard InChI is InChI=1S/C28H34N6O4S2.C19H27IN4O4S.C14H25BN2O5.C13H22N2O4.C10H18BNO5/c1-14-19(25-32-21-18(40-25)7-8-29-20(21)15-5-6-15)24(33-27(30-14)39-4)31-17-13-16(22-23(17)38-28(2,3)37-22)26(35)34-9-11-36-12-10-34;1-10-13(20)16(23-18(21-10)29-4)22-12-9-11(14-15(12)28-19(2,3)27-14)17(25)24-5-7-26-8-6-24;1-14(2)21-11-9(13(18)17-4-6-20-7-5-17)8-10(12(11)22-14)16-15(3)19;1-13(2)18-10-8(7-9(14)11(10)19-13)12(16)15-3-5-17-6-4-15;1-10(2)16-7-5(9(13)14)4-6(8(7)17-10)12-11(3)15/h7-8,15-17,22-23H,5-6,9-13H2,1-4H3,(H,30,31,33);11-12,14-15H,5-9H2,1-4H3,(H,21,22,23);9-12,16,19H,4-8H2,1-3H3;8-11H,3-7,14H2,1-2H3;5-8,12,15H,4H2,1-3H3,(H,13,14)/t16-,17+,22+,23-;11-,12+,14+,15-;9-,10+,11+,12-;8-,9+,10+,11-;5-,6+,7+,8-/m00000/s1. The molecule has 15 fully saturated rings. The van der Waals surface area contributed by atoms with Crippen LogP contribution in [0, 0.1) is 47.0 Å². The summed E-state index contributed by atoms with van der Waals surface area (Å²) in [6.07, 6.45) is 8.38. The summed E-state index contributed by atoms with van der Waals surface area (Å²) in [6.45, 7) is 35.7. The number of aromatic nitrogens is 6. The van der Waals surface area contributed by atoms with Crippen LogP contribution in [-0.4, -0.2) is 346 Å². The number of thiazole rings is 1. The highest BCUT2D eigenvalue weighted by Crippen LogP contribution is 2.51. The zero-order valence-electron chi connectivity index (χ0n) is 75.4. The van der Waals surface area contributed by atoms with Gasteiger partial charge in [0.05, 0.1) is 125 Å². The number of carboxylic acid groups (broad SMARTS) is 1. The number of aryl methyl sites for hydroxylation is 2. The van der Waals surface area contributed by atoms with Crippen LogP contribution in [0.1, 0.15) is 137 Å². The van der Waals surface area contributed by atoms with Crippen LogP contribution in [0.3, 0.4) is 0 Å². The fraction of sp³-hybridized carbons (Fsp3) is 0.774. The smallest absolute Gasteiger partial charge is 0.373 e. The number of rotatable bonds is 17. The Morgan fingerprint density at radius 3 is 1.19 bits per heavy atom. The first kappa shape index (κ1) is 96.5. The lowest BCUT2D eigenvalue weighted by Gasteiger charge is -2.31. The maximum Gasteiger partial charge on any atom is 0.373 e. The van der Waals surface area contributed by atoms with E-state index in [0.717, 1.165) is 52.4 Å². The van der Waals surface area contributed by atoms with E-state index in [1.807, 2.05) is 114 Å². The van der Waals surface area contributed by atoms with E-state index in [-0.39, 0.29) is 132 Å². The number of thioether (sulfide) groups is 2. The summed E-state index contributed by atoms with van der Waals surface area (Å²) >= 11 is 6.93. The van der Waals surface area contributed by atoms with Gasteiger partial charge in [0.2, 0.25) is 23.6 Å². The van der Waals surface area contributed by atoms with Crippen molar-refractivity contribution in [2.75, 3.05) is 128 Å². The molecule has 9 saturated heterocycles. The highest BCUT2D eigenvalue weighted by atomic mass is 127. The predicted molar refractivity (Wildman–Crippen MR) is 479 cm³/mol. The number of halogens is 1. The average molecular weight is 1940 g/mol. The first-order chi connectivity index (χ1) is 60.2. The molecule has 20 atom stereocenters. The van der Waals surface area contributed by atoms with Gasteiger partial charge in [-0.05, 0) is 183 Å².